The Morgan fingerprint density at radius 3 is 2.40 bits per heavy atom. The van der Waals surface area contributed by atoms with Gasteiger partial charge in [0.25, 0.3) is 0 Å². The molecule has 3 fully saturated rings. The van der Waals surface area contributed by atoms with Crippen molar-refractivity contribution >= 4 is 46.7 Å². The molecule has 8 nitrogen and oxygen atoms in total. The van der Waals surface area contributed by atoms with Gasteiger partial charge in [-0.05, 0) is 43.2 Å². The molecular weight excluding hydrogens is 472 g/mol. The molecule has 1 saturated carbocycles. The third-order valence-corrected chi connectivity index (χ3v) is 7.26. The number of carbonyl (C=O) groups is 4. The number of hydrogen-bond acceptors (Lipinski definition) is 6. The number of nitrogens with zero attached hydrogens (tertiary/aromatic N) is 2. The van der Waals surface area contributed by atoms with Crippen LogP contribution in [0.3, 0.4) is 0 Å². The number of benzene rings is 2. The second kappa shape index (κ2) is 9.34. The van der Waals surface area contributed by atoms with Crippen LogP contribution in [0.5, 0.6) is 11.5 Å². The van der Waals surface area contributed by atoms with E-state index >= 15 is 0 Å². The molecule has 0 aromatic heterocycles. The number of halogens is 1. The highest BCUT2D eigenvalue weighted by Crippen LogP contribution is 2.41. The van der Waals surface area contributed by atoms with Gasteiger partial charge in [-0.2, -0.15) is 0 Å². The van der Waals surface area contributed by atoms with Crippen LogP contribution in [0.25, 0.3) is 0 Å². The third-order valence-electron chi connectivity index (χ3n) is 7.03. The van der Waals surface area contributed by atoms with Gasteiger partial charge in [-0.3, -0.25) is 19.2 Å². The van der Waals surface area contributed by atoms with Crippen molar-refractivity contribution in [1.29, 1.82) is 0 Å². The zero-order chi connectivity index (χ0) is 24.7. The van der Waals surface area contributed by atoms with Gasteiger partial charge in [-0.25, -0.2) is 4.90 Å². The summed E-state index contributed by atoms with van der Waals surface area (Å²) in [5.74, 6) is -1.69. The number of amides is 3. The molecule has 0 spiro atoms. The monoisotopic (exact) mass is 496 g/mol. The first kappa shape index (κ1) is 23.4. The van der Waals surface area contributed by atoms with Gasteiger partial charge < -0.3 is 14.4 Å². The minimum Gasteiger partial charge on any atom is -0.495 e. The summed E-state index contributed by atoms with van der Waals surface area (Å²) < 4.78 is 10.9. The van der Waals surface area contributed by atoms with Crippen molar-refractivity contribution in [3.05, 3.63) is 47.5 Å². The Balaban J connectivity index is 1.30. The lowest BCUT2D eigenvalue weighted by molar-refractivity contribution is -0.139. The summed E-state index contributed by atoms with van der Waals surface area (Å²) in [5.41, 5.74) is 0.891. The first-order valence-electron chi connectivity index (χ1n) is 11.7. The number of ether oxygens (including phenoxy) is 2. The molecular formula is C26H25ClN2O6. The summed E-state index contributed by atoms with van der Waals surface area (Å²) in [5, 5.41) is 0.447. The SMILES string of the molecule is COc1ccc(Cl)cc1N1C[C@@H](C(=O)Oc2cccc(N3C(=O)[C@H]4CCCC[C@H]4C3=O)c2)CC1=O. The van der Waals surface area contributed by atoms with Gasteiger partial charge in [-0.1, -0.05) is 30.5 Å². The normalized spacial score (nSPS) is 24.1. The van der Waals surface area contributed by atoms with E-state index in [9.17, 15) is 19.2 Å². The fourth-order valence-electron chi connectivity index (χ4n) is 5.27. The molecule has 2 aliphatic heterocycles. The number of carbonyl (C=O) groups excluding carboxylic acids is 4. The first-order valence-corrected chi connectivity index (χ1v) is 12.1. The number of fused-ring (bicyclic) bond motifs is 1. The van der Waals surface area contributed by atoms with Crippen molar-refractivity contribution < 1.29 is 28.7 Å². The van der Waals surface area contributed by atoms with Crippen molar-refractivity contribution in [1.82, 2.24) is 0 Å². The molecule has 2 saturated heterocycles. The van der Waals surface area contributed by atoms with E-state index in [0.29, 0.717) is 22.1 Å². The number of methoxy groups -OCH3 is 1. The van der Waals surface area contributed by atoms with Gasteiger partial charge in [0.1, 0.15) is 11.5 Å². The molecule has 2 aromatic carbocycles. The van der Waals surface area contributed by atoms with Crippen molar-refractivity contribution in [3.63, 3.8) is 0 Å². The van der Waals surface area contributed by atoms with Gasteiger partial charge in [0.15, 0.2) is 0 Å². The van der Waals surface area contributed by atoms with Gasteiger partial charge in [0.2, 0.25) is 17.7 Å². The van der Waals surface area contributed by atoms with E-state index in [1.807, 2.05) is 0 Å². The molecule has 182 valence electrons. The number of imide groups is 1. The maximum atomic E-state index is 12.9. The average molecular weight is 497 g/mol. The summed E-state index contributed by atoms with van der Waals surface area (Å²) >= 11 is 6.10. The largest absolute Gasteiger partial charge is 0.495 e. The molecule has 1 aliphatic carbocycles. The van der Waals surface area contributed by atoms with Crippen LogP contribution in [0, 0.1) is 17.8 Å². The van der Waals surface area contributed by atoms with Gasteiger partial charge >= 0.3 is 5.97 Å². The standard InChI is InChI=1S/C26H25ClN2O6/c1-34-22-10-9-16(27)12-21(22)28-14-15(11-23(28)30)26(33)35-18-6-4-5-17(13-18)29-24(31)19-7-2-3-8-20(19)25(29)32/h4-6,9-10,12-13,15,19-20H,2-3,7-8,11,14H2,1H3/t15-,19-,20+/m0/s1. The highest BCUT2D eigenvalue weighted by Gasteiger charge is 2.48. The zero-order valence-electron chi connectivity index (χ0n) is 19.2. The lowest BCUT2D eigenvalue weighted by atomic mass is 9.81. The number of anilines is 2. The molecule has 3 aliphatic rings. The van der Waals surface area contributed by atoms with Crippen LogP contribution >= 0.6 is 11.6 Å². The van der Waals surface area contributed by atoms with Crippen LogP contribution in [-0.4, -0.2) is 37.3 Å². The van der Waals surface area contributed by atoms with E-state index in [1.165, 1.54) is 23.0 Å². The first-order chi connectivity index (χ1) is 16.9. The second-order valence-corrected chi connectivity index (χ2v) is 9.59. The molecule has 5 rings (SSSR count). The molecule has 0 unspecified atom stereocenters. The summed E-state index contributed by atoms with van der Waals surface area (Å²) in [6.07, 6.45) is 3.34. The van der Waals surface area contributed by atoms with Gasteiger partial charge in [-0.15, -0.1) is 0 Å². The minimum absolute atomic E-state index is 0.0132. The van der Waals surface area contributed by atoms with Crippen molar-refractivity contribution in [2.45, 2.75) is 32.1 Å². The van der Waals surface area contributed by atoms with E-state index in [1.54, 1.807) is 36.4 Å². The van der Waals surface area contributed by atoms with Crippen molar-refractivity contribution in [3.8, 4) is 11.5 Å². The van der Waals surface area contributed by atoms with Crippen molar-refractivity contribution in [2.24, 2.45) is 17.8 Å². The summed E-state index contributed by atoms with van der Waals surface area (Å²) in [6, 6.07) is 11.4. The predicted octanol–water partition coefficient (Wildman–Crippen LogP) is 3.99. The van der Waals surface area contributed by atoms with Crippen LogP contribution in [-0.2, 0) is 19.2 Å². The molecule has 0 radical (unpaired) electrons. The number of rotatable bonds is 5. The topological polar surface area (TPSA) is 93.2 Å². The Morgan fingerprint density at radius 2 is 1.71 bits per heavy atom. The Morgan fingerprint density at radius 1 is 1.00 bits per heavy atom. The minimum atomic E-state index is -0.687. The molecule has 3 amide bonds. The number of hydrogen-bond donors (Lipinski definition) is 0. The van der Waals surface area contributed by atoms with Crippen molar-refractivity contribution in [2.75, 3.05) is 23.5 Å². The molecule has 0 bridgehead atoms. The molecule has 2 aromatic rings. The van der Waals surface area contributed by atoms with E-state index < -0.39 is 11.9 Å². The predicted molar refractivity (Wildman–Crippen MR) is 128 cm³/mol. The molecule has 0 N–H and O–H groups in total. The Kier molecular flexibility index (Phi) is 6.23. The van der Waals surface area contributed by atoms with E-state index in [-0.39, 0.29) is 48.3 Å². The zero-order valence-corrected chi connectivity index (χ0v) is 20.0. The lowest BCUT2D eigenvalue weighted by Crippen LogP contribution is -2.31. The molecule has 3 atom stereocenters. The van der Waals surface area contributed by atoms with E-state index in [2.05, 4.69) is 0 Å². The summed E-state index contributed by atoms with van der Waals surface area (Å²) in [6.45, 7) is 0.126. The van der Waals surface area contributed by atoms with E-state index in [4.69, 9.17) is 21.1 Å². The highest BCUT2D eigenvalue weighted by atomic mass is 35.5. The second-order valence-electron chi connectivity index (χ2n) is 9.15. The van der Waals surface area contributed by atoms with Crippen LogP contribution in [0.15, 0.2) is 42.5 Å². The summed E-state index contributed by atoms with van der Waals surface area (Å²) in [7, 11) is 1.50. The van der Waals surface area contributed by atoms with E-state index in [0.717, 1.165) is 25.7 Å². The summed E-state index contributed by atoms with van der Waals surface area (Å²) in [4.78, 5) is 54.1. The highest BCUT2D eigenvalue weighted by molar-refractivity contribution is 6.31. The fourth-order valence-corrected chi connectivity index (χ4v) is 5.44. The fraction of sp³-hybridized carbons (Fsp3) is 0.385. The average Bonchev–Trinajstić information content (AvgIpc) is 3.37. The molecule has 35 heavy (non-hydrogen) atoms. The molecule has 9 heteroatoms. The van der Waals surface area contributed by atoms with Gasteiger partial charge in [0.05, 0.1) is 36.2 Å². The van der Waals surface area contributed by atoms with Gasteiger partial charge in [0, 0.05) is 24.1 Å². The van der Waals surface area contributed by atoms with Crippen LogP contribution < -0.4 is 19.3 Å². The molecule has 2 heterocycles. The quantitative estimate of drug-likeness (QED) is 0.353. The number of esters is 1. The Bertz CT molecular complexity index is 1190. The Hall–Kier alpha value is -3.39. The maximum Gasteiger partial charge on any atom is 0.316 e. The van der Waals surface area contributed by atoms with Crippen LogP contribution in [0.2, 0.25) is 5.02 Å². The third kappa shape index (κ3) is 4.27. The van der Waals surface area contributed by atoms with Crippen LogP contribution in [0.1, 0.15) is 32.1 Å². The Labute approximate surface area is 207 Å². The lowest BCUT2D eigenvalue weighted by Gasteiger charge is -2.20. The maximum absolute atomic E-state index is 12.9. The van der Waals surface area contributed by atoms with Crippen LogP contribution in [0.4, 0.5) is 11.4 Å². The smallest absolute Gasteiger partial charge is 0.316 e.